The first kappa shape index (κ1) is 18.4. The third-order valence-electron chi connectivity index (χ3n) is 4.79. The molecule has 0 saturated carbocycles. The Kier molecular flexibility index (Phi) is 4.95. The number of imide groups is 1. The monoisotopic (exact) mass is 397 g/mol. The molecule has 7 nitrogen and oxygen atoms in total. The van der Waals surface area contributed by atoms with Gasteiger partial charge < -0.3 is 15.0 Å². The third-order valence-corrected chi connectivity index (χ3v) is 5.77. The van der Waals surface area contributed by atoms with E-state index in [1.807, 2.05) is 42.5 Å². The molecule has 0 radical (unpaired) electrons. The van der Waals surface area contributed by atoms with E-state index in [4.69, 9.17) is 4.74 Å². The molecule has 0 aliphatic carbocycles. The number of carbonyl (C=O) groups excluding carboxylic acids is 3. The number of hydrogen-bond donors (Lipinski definition) is 2. The lowest BCUT2D eigenvalue weighted by molar-refractivity contribution is -0.118. The zero-order chi connectivity index (χ0) is 19.7. The van der Waals surface area contributed by atoms with Crippen molar-refractivity contribution >= 4 is 34.5 Å². The van der Waals surface area contributed by atoms with Gasteiger partial charge in [-0.15, -0.1) is 0 Å². The van der Waals surface area contributed by atoms with Crippen molar-refractivity contribution in [1.29, 1.82) is 0 Å². The molecule has 2 aromatic rings. The average molecular weight is 397 g/mol. The molecule has 2 aliphatic heterocycles. The van der Waals surface area contributed by atoms with E-state index in [1.165, 1.54) is 0 Å². The molecule has 0 spiro atoms. The Morgan fingerprint density at radius 1 is 1.07 bits per heavy atom. The SMILES string of the molecule is CN1C(=O)c2ccccc2N[C@H]1COc1ccc(C[C@@H]2SC(=O)NC2=O)cc1. The summed E-state index contributed by atoms with van der Waals surface area (Å²) in [5.41, 5.74) is 2.40. The summed E-state index contributed by atoms with van der Waals surface area (Å²) in [5.74, 6) is 0.386. The number of carbonyl (C=O) groups is 3. The van der Waals surface area contributed by atoms with Crippen LogP contribution in [0.3, 0.4) is 0 Å². The molecular formula is C20H19N3O4S. The average Bonchev–Trinajstić information content (AvgIpc) is 3.01. The minimum Gasteiger partial charge on any atom is -0.489 e. The van der Waals surface area contributed by atoms with Crippen LogP contribution < -0.4 is 15.4 Å². The lowest BCUT2D eigenvalue weighted by atomic mass is 10.1. The summed E-state index contributed by atoms with van der Waals surface area (Å²) in [6.07, 6.45) is 0.215. The molecule has 2 aliphatic rings. The molecule has 144 valence electrons. The summed E-state index contributed by atoms with van der Waals surface area (Å²) in [6, 6.07) is 14.8. The van der Waals surface area contributed by atoms with Gasteiger partial charge in [-0.25, -0.2) is 0 Å². The lowest BCUT2D eigenvalue weighted by Gasteiger charge is -2.35. The number of nitrogens with zero attached hydrogens (tertiary/aromatic N) is 1. The Labute approximate surface area is 166 Å². The first-order valence-electron chi connectivity index (χ1n) is 8.87. The van der Waals surface area contributed by atoms with E-state index < -0.39 is 0 Å². The van der Waals surface area contributed by atoms with Crippen molar-refractivity contribution in [3.63, 3.8) is 0 Å². The molecule has 0 unspecified atom stereocenters. The fourth-order valence-electron chi connectivity index (χ4n) is 3.20. The molecule has 0 bridgehead atoms. The lowest BCUT2D eigenvalue weighted by Crippen LogP contribution is -2.49. The first-order valence-corrected chi connectivity index (χ1v) is 9.75. The number of fused-ring (bicyclic) bond motifs is 1. The van der Waals surface area contributed by atoms with Crippen LogP contribution in [0, 0.1) is 0 Å². The topological polar surface area (TPSA) is 87.7 Å². The zero-order valence-corrected chi connectivity index (χ0v) is 16.0. The zero-order valence-electron chi connectivity index (χ0n) is 15.2. The largest absolute Gasteiger partial charge is 0.489 e. The standard InChI is InChI=1S/C20H19N3O4S/c1-23-17(21-15-5-3-2-4-14(15)19(23)25)11-27-13-8-6-12(7-9-13)10-16-18(24)22-20(26)28-16/h2-9,16-17,21H,10-11H2,1H3,(H,22,24,26)/t16-,17+/m0/s1. The molecule has 3 amide bonds. The van der Waals surface area contributed by atoms with E-state index in [0.29, 0.717) is 24.3 Å². The van der Waals surface area contributed by atoms with Crippen LogP contribution in [-0.2, 0) is 11.2 Å². The molecule has 1 fully saturated rings. The molecule has 1 saturated heterocycles. The number of rotatable bonds is 5. The minimum absolute atomic E-state index is 0.0415. The summed E-state index contributed by atoms with van der Waals surface area (Å²) >= 11 is 1.02. The number of likely N-dealkylation sites (N-methyl/N-ethyl adjacent to an activating group) is 1. The van der Waals surface area contributed by atoms with Crippen LogP contribution in [0.4, 0.5) is 10.5 Å². The maximum absolute atomic E-state index is 12.5. The summed E-state index contributed by atoms with van der Waals surface area (Å²) in [6.45, 7) is 0.297. The van der Waals surface area contributed by atoms with E-state index in [0.717, 1.165) is 23.0 Å². The summed E-state index contributed by atoms with van der Waals surface area (Å²) in [4.78, 5) is 37.0. The second-order valence-electron chi connectivity index (χ2n) is 6.66. The molecule has 0 aromatic heterocycles. The Hall–Kier alpha value is -3.00. The van der Waals surface area contributed by atoms with E-state index in [2.05, 4.69) is 10.6 Å². The normalized spacial score (nSPS) is 21.2. The molecule has 8 heteroatoms. The maximum Gasteiger partial charge on any atom is 0.286 e. The number of anilines is 1. The van der Waals surface area contributed by atoms with Crippen LogP contribution in [0.15, 0.2) is 48.5 Å². The number of ether oxygens (including phenoxy) is 1. The van der Waals surface area contributed by atoms with Gasteiger partial charge in [-0.05, 0) is 36.2 Å². The van der Waals surface area contributed by atoms with Crippen molar-refractivity contribution < 1.29 is 19.1 Å². The smallest absolute Gasteiger partial charge is 0.286 e. The van der Waals surface area contributed by atoms with Gasteiger partial charge in [-0.2, -0.15) is 0 Å². The molecule has 2 atom stereocenters. The van der Waals surface area contributed by atoms with Gasteiger partial charge in [0.05, 0.1) is 10.8 Å². The fraction of sp³-hybridized carbons (Fsp3) is 0.250. The number of thioether (sulfide) groups is 1. The Morgan fingerprint density at radius 2 is 1.82 bits per heavy atom. The highest BCUT2D eigenvalue weighted by atomic mass is 32.2. The van der Waals surface area contributed by atoms with E-state index in [-0.39, 0.29) is 28.5 Å². The van der Waals surface area contributed by atoms with Crippen LogP contribution in [0.2, 0.25) is 0 Å². The second kappa shape index (κ2) is 7.55. The van der Waals surface area contributed by atoms with Gasteiger partial charge in [-0.1, -0.05) is 36.0 Å². The van der Waals surface area contributed by atoms with Gasteiger partial charge >= 0.3 is 0 Å². The Balaban J connectivity index is 1.36. The number of hydrogen-bond acceptors (Lipinski definition) is 6. The number of amides is 3. The van der Waals surface area contributed by atoms with Gasteiger partial charge in [0.15, 0.2) is 0 Å². The van der Waals surface area contributed by atoms with Crippen molar-refractivity contribution in [2.75, 3.05) is 19.0 Å². The highest BCUT2D eigenvalue weighted by molar-refractivity contribution is 8.15. The number of benzene rings is 2. The van der Waals surface area contributed by atoms with Crippen molar-refractivity contribution in [3.05, 3.63) is 59.7 Å². The predicted octanol–water partition coefficient (Wildman–Crippen LogP) is 2.48. The van der Waals surface area contributed by atoms with Gasteiger partial charge in [0.1, 0.15) is 18.5 Å². The van der Waals surface area contributed by atoms with Crippen molar-refractivity contribution in [1.82, 2.24) is 10.2 Å². The van der Waals surface area contributed by atoms with Crippen LogP contribution in [0.5, 0.6) is 5.75 Å². The molecule has 2 N–H and O–H groups in total. The minimum atomic E-state index is -0.384. The van der Waals surface area contributed by atoms with Crippen molar-refractivity contribution in [2.24, 2.45) is 0 Å². The molecule has 4 rings (SSSR count). The van der Waals surface area contributed by atoms with Gasteiger partial charge in [0.2, 0.25) is 5.91 Å². The highest BCUT2D eigenvalue weighted by Crippen LogP contribution is 2.26. The fourth-order valence-corrected chi connectivity index (χ4v) is 4.06. The molecule has 2 heterocycles. The van der Waals surface area contributed by atoms with E-state index >= 15 is 0 Å². The quantitative estimate of drug-likeness (QED) is 0.806. The predicted molar refractivity (Wildman–Crippen MR) is 107 cm³/mol. The third kappa shape index (κ3) is 3.68. The number of para-hydroxylation sites is 1. The van der Waals surface area contributed by atoms with Gasteiger partial charge in [0.25, 0.3) is 11.1 Å². The van der Waals surface area contributed by atoms with Gasteiger partial charge in [0, 0.05) is 12.7 Å². The van der Waals surface area contributed by atoms with Crippen LogP contribution >= 0.6 is 11.8 Å². The van der Waals surface area contributed by atoms with Crippen LogP contribution in [-0.4, -0.2) is 47.0 Å². The second-order valence-corrected chi connectivity index (χ2v) is 7.84. The van der Waals surface area contributed by atoms with Crippen molar-refractivity contribution in [3.8, 4) is 5.75 Å². The van der Waals surface area contributed by atoms with Gasteiger partial charge in [-0.3, -0.25) is 19.7 Å². The summed E-state index contributed by atoms with van der Waals surface area (Å²) in [7, 11) is 1.74. The van der Waals surface area contributed by atoms with Crippen LogP contribution in [0.25, 0.3) is 0 Å². The first-order chi connectivity index (χ1) is 13.5. The van der Waals surface area contributed by atoms with Crippen molar-refractivity contribution in [2.45, 2.75) is 17.8 Å². The summed E-state index contributed by atoms with van der Waals surface area (Å²) in [5, 5.41) is 4.93. The molecular weight excluding hydrogens is 378 g/mol. The molecule has 2 aromatic carbocycles. The highest BCUT2D eigenvalue weighted by Gasteiger charge is 2.31. The Morgan fingerprint density at radius 3 is 2.54 bits per heavy atom. The van der Waals surface area contributed by atoms with E-state index in [1.54, 1.807) is 18.0 Å². The summed E-state index contributed by atoms with van der Waals surface area (Å²) < 4.78 is 5.85. The van der Waals surface area contributed by atoms with Crippen LogP contribution in [0.1, 0.15) is 15.9 Å². The maximum atomic E-state index is 12.5. The number of nitrogens with one attached hydrogen (secondary N) is 2. The molecule has 28 heavy (non-hydrogen) atoms. The van der Waals surface area contributed by atoms with E-state index in [9.17, 15) is 14.4 Å². The Bertz CT molecular complexity index is 931.